The highest BCUT2D eigenvalue weighted by molar-refractivity contribution is 6.06. The van der Waals surface area contributed by atoms with E-state index >= 15 is 0 Å². The van der Waals surface area contributed by atoms with E-state index in [2.05, 4.69) is 15.5 Å². The maximum Gasteiger partial charge on any atom is 0.255 e. The normalized spacial score (nSPS) is 12.1. The number of H-pyrrole nitrogens is 1. The maximum absolute atomic E-state index is 12.6. The van der Waals surface area contributed by atoms with Gasteiger partial charge in [-0.3, -0.25) is 19.5 Å². The Bertz CT molecular complexity index is 1150. The van der Waals surface area contributed by atoms with Crippen molar-refractivity contribution in [1.82, 2.24) is 15.5 Å². The summed E-state index contributed by atoms with van der Waals surface area (Å²) in [5.74, 6) is -0.769. The van der Waals surface area contributed by atoms with Crippen molar-refractivity contribution < 1.29 is 19.1 Å². The molecule has 2 aromatic carbocycles. The summed E-state index contributed by atoms with van der Waals surface area (Å²) in [7, 11) is 1.46. The van der Waals surface area contributed by atoms with E-state index in [1.807, 2.05) is 18.2 Å². The fourth-order valence-electron chi connectivity index (χ4n) is 2.97. The number of Topliss-reactive ketones (excluding diaryl/α,β-unsaturated/α-hetero) is 1. The molecule has 8 heteroatoms. The molecule has 0 spiro atoms. The molecule has 0 saturated carbocycles. The number of amides is 2. The molecule has 3 aromatic rings. The fraction of sp³-hybridized carbons (Fsp3) is 0.182. The third-order valence-electron chi connectivity index (χ3n) is 4.68. The molecule has 2 amide bonds. The van der Waals surface area contributed by atoms with Crippen LogP contribution in [0.4, 0.5) is 0 Å². The molecule has 3 rings (SSSR count). The van der Waals surface area contributed by atoms with Crippen molar-refractivity contribution in [3.63, 3.8) is 0 Å². The fourth-order valence-corrected chi connectivity index (χ4v) is 2.97. The summed E-state index contributed by atoms with van der Waals surface area (Å²) in [5, 5.41) is 10.4. The molecule has 0 aliphatic heterocycles. The predicted octanol–water partition coefficient (Wildman–Crippen LogP) is 2.55. The van der Waals surface area contributed by atoms with E-state index in [1.165, 1.54) is 21.0 Å². The number of ketones is 1. The molecule has 1 atom stereocenters. The van der Waals surface area contributed by atoms with Crippen molar-refractivity contribution >= 4 is 40.7 Å². The van der Waals surface area contributed by atoms with Gasteiger partial charge in [0.2, 0.25) is 5.91 Å². The smallest absolute Gasteiger partial charge is 0.255 e. The number of carbonyl (C=O) groups excluding carboxylic acids is 3. The summed E-state index contributed by atoms with van der Waals surface area (Å²) >= 11 is 0. The molecule has 8 nitrogen and oxygen atoms in total. The molecule has 0 bridgehead atoms. The minimum atomic E-state index is -0.820. The van der Waals surface area contributed by atoms with E-state index in [4.69, 9.17) is 10.5 Å². The van der Waals surface area contributed by atoms with Crippen LogP contribution >= 0.6 is 0 Å². The minimum Gasteiger partial charge on any atom is -0.495 e. The van der Waals surface area contributed by atoms with E-state index < -0.39 is 17.9 Å². The summed E-state index contributed by atoms with van der Waals surface area (Å²) in [6.45, 7) is 3.03. The third kappa shape index (κ3) is 4.22. The monoisotopic (exact) mass is 406 g/mol. The van der Waals surface area contributed by atoms with Crippen molar-refractivity contribution in [3.8, 4) is 5.75 Å². The minimum absolute atomic E-state index is 0.00465. The zero-order valence-electron chi connectivity index (χ0n) is 16.9. The molecule has 1 aromatic heterocycles. The molecule has 0 fully saturated rings. The van der Waals surface area contributed by atoms with Gasteiger partial charge in [0.25, 0.3) is 5.91 Å². The lowest BCUT2D eigenvalue weighted by Gasteiger charge is -2.13. The van der Waals surface area contributed by atoms with E-state index in [0.717, 1.165) is 5.56 Å². The zero-order valence-corrected chi connectivity index (χ0v) is 16.9. The third-order valence-corrected chi connectivity index (χ3v) is 4.68. The van der Waals surface area contributed by atoms with Crippen LogP contribution in [-0.4, -0.2) is 40.9 Å². The number of carbonyl (C=O) groups is 3. The van der Waals surface area contributed by atoms with Gasteiger partial charge in [0, 0.05) is 5.56 Å². The first-order chi connectivity index (χ1) is 14.3. The van der Waals surface area contributed by atoms with E-state index in [0.29, 0.717) is 27.9 Å². The summed E-state index contributed by atoms with van der Waals surface area (Å²) in [6.07, 6.45) is 3.64. The van der Waals surface area contributed by atoms with Gasteiger partial charge in [0.05, 0.1) is 29.3 Å². The largest absolute Gasteiger partial charge is 0.495 e. The molecule has 154 valence electrons. The van der Waals surface area contributed by atoms with E-state index in [1.54, 1.807) is 30.3 Å². The van der Waals surface area contributed by atoms with E-state index in [9.17, 15) is 14.4 Å². The molecule has 0 aliphatic carbocycles. The van der Waals surface area contributed by atoms with Gasteiger partial charge in [-0.15, -0.1) is 0 Å². The Kier molecular flexibility index (Phi) is 5.96. The molecule has 0 saturated heterocycles. The highest BCUT2D eigenvalue weighted by atomic mass is 16.5. The number of nitrogens with zero attached hydrogens (tertiary/aromatic N) is 1. The Morgan fingerprint density at radius 3 is 2.43 bits per heavy atom. The van der Waals surface area contributed by atoms with Crippen LogP contribution in [0.5, 0.6) is 5.75 Å². The van der Waals surface area contributed by atoms with Crippen LogP contribution in [-0.2, 0) is 4.79 Å². The summed E-state index contributed by atoms with van der Waals surface area (Å²) in [6, 6.07) is 9.68. The number of methoxy groups -OCH3 is 1. The average Bonchev–Trinajstić information content (AvgIpc) is 3.14. The van der Waals surface area contributed by atoms with Crippen LogP contribution in [0.15, 0.2) is 36.4 Å². The number of ether oxygens (including phenoxy) is 1. The van der Waals surface area contributed by atoms with Gasteiger partial charge in [-0.2, -0.15) is 5.10 Å². The Morgan fingerprint density at radius 2 is 1.83 bits per heavy atom. The summed E-state index contributed by atoms with van der Waals surface area (Å²) in [5.41, 5.74) is 8.29. The van der Waals surface area contributed by atoms with Gasteiger partial charge in [0.15, 0.2) is 5.78 Å². The van der Waals surface area contributed by atoms with Crippen LogP contribution in [0, 0.1) is 0 Å². The summed E-state index contributed by atoms with van der Waals surface area (Å²) < 4.78 is 5.51. The highest BCUT2D eigenvalue weighted by Crippen LogP contribution is 2.32. The van der Waals surface area contributed by atoms with Crippen molar-refractivity contribution in [2.45, 2.75) is 19.9 Å². The Labute approximate surface area is 173 Å². The second-order valence-corrected chi connectivity index (χ2v) is 6.79. The lowest BCUT2D eigenvalue weighted by Crippen LogP contribution is -2.42. The molecule has 4 N–H and O–H groups in total. The van der Waals surface area contributed by atoms with Gasteiger partial charge in [-0.1, -0.05) is 30.3 Å². The van der Waals surface area contributed by atoms with Crippen LogP contribution in [0.3, 0.4) is 0 Å². The number of aromatic amines is 1. The molecule has 1 heterocycles. The standard InChI is InChI=1S/C22H22N4O4/c1-12(21(23)28)24-22(29)16-9-11-18-19(20(16)30-3)17(25-26-18)10-6-14-4-7-15(8-5-14)13(2)27/h4-12H,1-3H3,(H2,23,28)(H,24,29)(H,25,26)/t12-/m0/s1. The van der Waals surface area contributed by atoms with Crippen LogP contribution < -0.4 is 15.8 Å². The van der Waals surface area contributed by atoms with Crippen LogP contribution in [0.2, 0.25) is 0 Å². The van der Waals surface area contributed by atoms with Gasteiger partial charge in [-0.05, 0) is 37.6 Å². The number of benzene rings is 2. The highest BCUT2D eigenvalue weighted by Gasteiger charge is 2.21. The summed E-state index contributed by atoms with van der Waals surface area (Å²) in [4.78, 5) is 35.3. The number of nitrogens with one attached hydrogen (secondary N) is 2. The van der Waals surface area contributed by atoms with Gasteiger partial charge in [-0.25, -0.2) is 0 Å². The molecule has 0 aliphatic rings. The quantitative estimate of drug-likeness (QED) is 0.520. The maximum atomic E-state index is 12.6. The van der Waals surface area contributed by atoms with Crippen molar-refractivity contribution in [2.24, 2.45) is 5.73 Å². The number of nitrogens with two attached hydrogens (primary N) is 1. The zero-order chi connectivity index (χ0) is 21.8. The van der Waals surface area contributed by atoms with Crippen molar-refractivity contribution in [2.75, 3.05) is 7.11 Å². The van der Waals surface area contributed by atoms with Crippen LogP contribution in [0.1, 0.15) is 45.8 Å². The Hall–Kier alpha value is -3.94. The van der Waals surface area contributed by atoms with Gasteiger partial charge in [0.1, 0.15) is 11.8 Å². The number of fused-ring (bicyclic) bond motifs is 1. The number of hydrogen-bond acceptors (Lipinski definition) is 5. The lowest BCUT2D eigenvalue weighted by molar-refractivity contribution is -0.119. The van der Waals surface area contributed by atoms with E-state index in [-0.39, 0.29) is 11.3 Å². The average molecular weight is 406 g/mol. The number of rotatable bonds is 7. The SMILES string of the molecule is COc1c(C(=O)N[C@@H](C)C(N)=O)ccc2[nH]nc(C=Cc3ccc(C(C)=O)cc3)c12. The number of aromatic nitrogens is 2. The first kappa shape index (κ1) is 20.8. The molecule has 0 unspecified atom stereocenters. The number of primary amides is 1. The second kappa shape index (κ2) is 8.60. The topological polar surface area (TPSA) is 127 Å². The number of hydrogen-bond donors (Lipinski definition) is 3. The lowest BCUT2D eigenvalue weighted by atomic mass is 10.1. The Morgan fingerprint density at radius 1 is 1.13 bits per heavy atom. The second-order valence-electron chi connectivity index (χ2n) is 6.79. The molecular formula is C22H22N4O4. The van der Waals surface area contributed by atoms with Crippen molar-refractivity contribution in [1.29, 1.82) is 0 Å². The van der Waals surface area contributed by atoms with Crippen molar-refractivity contribution in [3.05, 3.63) is 58.8 Å². The molecule has 0 radical (unpaired) electrons. The van der Waals surface area contributed by atoms with Gasteiger partial charge >= 0.3 is 0 Å². The molecule has 30 heavy (non-hydrogen) atoms. The van der Waals surface area contributed by atoms with Gasteiger partial charge < -0.3 is 15.8 Å². The molecular weight excluding hydrogens is 384 g/mol. The predicted molar refractivity (Wildman–Crippen MR) is 114 cm³/mol. The Balaban J connectivity index is 1.97. The first-order valence-electron chi connectivity index (χ1n) is 9.26. The van der Waals surface area contributed by atoms with Crippen LogP contribution in [0.25, 0.3) is 23.1 Å². The first-order valence-corrected chi connectivity index (χ1v) is 9.26.